The predicted molar refractivity (Wildman–Crippen MR) is 111 cm³/mol. The van der Waals surface area contributed by atoms with Crippen molar-refractivity contribution >= 4 is 33.8 Å². The normalized spacial score (nSPS) is 15.3. The molecule has 2 aromatic heterocycles. The summed E-state index contributed by atoms with van der Waals surface area (Å²) in [6.45, 7) is 6.69. The van der Waals surface area contributed by atoms with Gasteiger partial charge in [0, 0.05) is 36.4 Å². The third-order valence-corrected chi connectivity index (χ3v) is 6.21. The average molecular weight is 381 g/mol. The van der Waals surface area contributed by atoms with Crippen molar-refractivity contribution in [1.82, 2.24) is 15.3 Å². The van der Waals surface area contributed by atoms with Crippen LogP contribution in [0.2, 0.25) is 0 Å². The summed E-state index contributed by atoms with van der Waals surface area (Å²) in [5.41, 5.74) is 5.93. The molecule has 1 aliphatic heterocycles. The van der Waals surface area contributed by atoms with Crippen LogP contribution in [-0.2, 0) is 0 Å². The van der Waals surface area contributed by atoms with Gasteiger partial charge in [0.25, 0.3) is 5.91 Å². The number of nitrogens with one attached hydrogen (secondary N) is 1. The van der Waals surface area contributed by atoms with E-state index in [2.05, 4.69) is 51.4 Å². The van der Waals surface area contributed by atoms with Gasteiger partial charge < -0.3 is 10.2 Å². The van der Waals surface area contributed by atoms with E-state index >= 15 is 0 Å². The first-order valence-corrected chi connectivity index (χ1v) is 10.3. The van der Waals surface area contributed by atoms with Gasteiger partial charge in [-0.15, -0.1) is 11.3 Å². The molecule has 0 saturated carbocycles. The Morgan fingerprint density at radius 2 is 2.04 bits per heavy atom. The largest absolute Gasteiger partial charge is 0.371 e. The van der Waals surface area contributed by atoms with Crippen LogP contribution in [0, 0.1) is 19.8 Å². The number of benzene rings is 1. The highest BCUT2D eigenvalue weighted by molar-refractivity contribution is 7.11. The van der Waals surface area contributed by atoms with Crippen LogP contribution < -0.4 is 10.2 Å². The van der Waals surface area contributed by atoms with E-state index in [4.69, 9.17) is 0 Å². The fourth-order valence-corrected chi connectivity index (χ4v) is 4.48. The van der Waals surface area contributed by atoms with Crippen LogP contribution >= 0.6 is 11.3 Å². The Morgan fingerprint density at radius 1 is 1.26 bits per heavy atom. The molecule has 0 atom stereocenters. The lowest BCUT2D eigenvalue weighted by molar-refractivity contribution is 0.0948. The Kier molecular flexibility index (Phi) is 5.07. The molecule has 1 aliphatic rings. The van der Waals surface area contributed by atoms with Crippen molar-refractivity contribution in [3.8, 4) is 0 Å². The van der Waals surface area contributed by atoms with Gasteiger partial charge in [0.1, 0.15) is 4.88 Å². The van der Waals surface area contributed by atoms with Crippen LogP contribution in [0.15, 0.2) is 35.8 Å². The highest BCUT2D eigenvalue weighted by Gasteiger charge is 2.22. The van der Waals surface area contributed by atoms with Gasteiger partial charge in [-0.05, 0) is 44.7 Å². The smallest absolute Gasteiger partial charge is 0.263 e. The Hall–Kier alpha value is -2.47. The van der Waals surface area contributed by atoms with Crippen molar-refractivity contribution in [2.75, 3.05) is 24.5 Å². The number of nitrogens with zero attached hydrogens (tertiary/aromatic N) is 3. The standard InChI is InChI=1S/C21H24N4OS/c1-14-11-19(17-5-3-4-6-18(17)24-14)25-9-7-16(8-10-25)12-22-21(26)20-15(2)23-13-27-20/h3-6,11,13,16H,7-10,12H2,1-2H3,(H,22,26). The fourth-order valence-electron chi connectivity index (χ4n) is 3.76. The third-order valence-electron chi connectivity index (χ3n) is 5.28. The lowest BCUT2D eigenvalue weighted by atomic mass is 9.96. The molecule has 1 amide bonds. The van der Waals surface area contributed by atoms with Crippen LogP contribution in [0.3, 0.4) is 0 Å². The number of carbonyl (C=O) groups is 1. The van der Waals surface area contributed by atoms with E-state index in [0.29, 0.717) is 5.92 Å². The Balaban J connectivity index is 1.38. The van der Waals surface area contributed by atoms with Crippen molar-refractivity contribution in [3.05, 3.63) is 52.1 Å². The summed E-state index contributed by atoms with van der Waals surface area (Å²) in [5, 5.41) is 4.31. The molecule has 0 bridgehead atoms. The summed E-state index contributed by atoms with van der Waals surface area (Å²) in [7, 11) is 0. The van der Waals surface area contributed by atoms with Gasteiger partial charge in [-0.1, -0.05) is 18.2 Å². The van der Waals surface area contributed by atoms with Crippen molar-refractivity contribution < 1.29 is 4.79 Å². The number of rotatable bonds is 4. The molecule has 0 unspecified atom stereocenters. The highest BCUT2D eigenvalue weighted by Crippen LogP contribution is 2.30. The summed E-state index contributed by atoms with van der Waals surface area (Å²) < 4.78 is 0. The number of hydrogen-bond donors (Lipinski definition) is 1. The molecule has 1 saturated heterocycles. The van der Waals surface area contributed by atoms with E-state index in [-0.39, 0.29) is 5.91 Å². The number of amides is 1. The molecular formula is C21H24N4OS. The van der Waals surface area contributed by atoms with Crippen molar-refractivity contribution in [3.63, 3.8) is 0 Å². The van der Waals surface area contributed by atoms with Crippen LogP contribution in [-0.4, -0.2) is 35.5 Å². The zero-order chi connectivity index (χ0) is 18.8. The van der Waals surface area contributed by atoms with Crippen LogP contribution in [0.5, 0.6) is 0 Å². The predicted octanol–water partition coefficient (Wildman–Crippen LogP) is 3.95. The highest BCUT2D eigenvalue weighted by atomic mass is 32.1. The first kappa shape index (κ1) is 17.9. The van der Waals surface area contributed by atoms with E-state index in [0.717, 1.165) is 54.3 Å². The number of carbonyl (C=O) groups excluding carboxylic acids is 1. The number of piperidine rings is 1. The third kappa shape index (κ3) is 3.81. The minimum Gasteiger partial charge on any atom is -0.371 e. The zero-order valence-electron chi connectivity index (χ0n) is 15.7. The van der Waals surface area contributed by atoms with Gasteiger partial charge in [-0.25, -0.2) is 4.98 Å². The summed E-state index contributed by atoms with van der Waals surface area (Å²) in [6, 6.07) is 10.5. The number of aromatic nitrogens is 2. The first-order valence-electron chi connectivity index (χ1n) is 9.41. The summed E-state index contributed by atoms with van der Waals surface area (Å²) in [5.74, 6) is 0.529. The Bertz CT molecular complexity index is 960. The number of hydrogen-bond acceptors (Lipinski definition) is 5. The van der Waals surface area contributed by atoms with Gasteiger partial charge in [0.05, 0.1) is 16.7 Å². The van der Waals surface area contributed by atoms with E-state index in [1.807, 2.05) is 13.0 Å². The van der Waals surface area contributed by atoms with E-state index in [9.17, 15) is 4.79 Å². The molecule has 1 fully saturated rings. The second-order valence-corrected chi connectivity index (χ2v) is 8.06. The molecule has 0 spiro atoms. The molecule has 6 heteroatoms. The fraction of sp³-hybridized carbons (Fsp3) is 0.381. The molecule has 1 aromatic carbocycles. The van der Waals surface area contributed by atoms with Gasteiger partial charge in [0.2, 0.25) is 0 Å². The monoisotopic (exact) mass is 380 g/mol. The molecule has 27 heavy (non-hydrogen) atoms. The topological polar surface area (TPSA) is 58.1 Å². The van der Waals surface area contributed by atoms with E-state index in [1.54, 1.807) is 5.51 Å². The summed E-state index contributed by atoms with van der Waals surface area (Å²) in [6.07, 6.45) is 2.16. The van der Waals surface area contributed by atoms with Gasteiger partial charge in [0.15, 0.2) is 0 Å². The molecule has 4 rings (SSSR count). The number of anilines is 1. The minimum atomic E-state index is 0.00758. The summed E-state index contributed by atoms with van der Waals surface area (Å²) in [4.78, 5) is 24.3. The average Bonchev–Trinajstić information content (AvgIpc) is 3.12. The van der Waals surface area contributed by atoms with Crippen LogP contribution in [0.1, 0.15) is 33.9 Å². The van der Waals surface area contributed by atoms with Gasteiger partial charge in [-0.3, -0.25) is 9.78 Å². The van der Waals surface area contributed by atoms with Crippen molar-refractivity contribution in [2.45, 2.75) is 26.7 Å². The van der Waals surface area contributed by atoms with Crippen molar-refractivity contribution in [1.29, 1.82) is 0 Å². The second kappa shape index (κ2) is 7.64. The quantitative estimate of drug-likeness (QED) is 0.744. The maximum Gasteiger partial charge on any atom is 0.263 e. The van der Waals surface area contributed by atoms with Crippen molar-refractivity contribution in [2.24, 2.45) is 5.92 Å². The number of fused-ring (bicyclic) bond motifs is 1. The minimum absolute atomic E-state index is 0.00758. The molecule has 0 aliphatic carbocycles. The number of pyridine rings is 1. The second-order valence-electron chi connectivity index (χ2n) is 7.21. The zero-order valence-corrected chi connectivity index (χ0v) is 16.6. The SMILES string of the molecule is Cc1cc(N2CCC(CNC(=O)c3scnc3C)CC2)c2ccccc2n1. The number of para-hydroxylation sites is 1. The molecule has 1 N–H and O–H groups in total. The van der Waals surface area contributed by atoms with Crippen LogP contribution in [0.25, 0.3) is 10.9 Å². The molecule has 0 radical (unpaired) electrons. The number of thiazole rings is 1. The molecule has 5 nitrogen and oxygen atoms in total. The lowest BCUT2D eigenvalue weighted by Crippen LogP contribution is -2.38. The molecule has 3 heterocycles. The summed E-state index contributed by atoms with van der Waals surface area (Å²) >= 11 is 1.41. The Morgan fingerprint density at radius 3 is 2.78 bits per heavy atom. The van der Waals surface area contributed by atoms with Gasteiger partial charge >= 0.3 is 0 Å². The number of aryl methyl sites for hydroxylation is 2. The van der Waals surface area contributed by atoms with Crippen LogP contribution in [0.4, 0.5) is 5.69 Å². The Labute approximate surface area is 163 Å². The first-order chi connectivity index (χ1) is 13.1. The van der Waals surface area contributed by atoms with E-state index < -0.39 is 0 Å². The van der Waals surface area contributed by atoms with E-state index in [1.165, 1.54) is 22.4 Å². The molecular weight excluding hydrogens is 356 g/mol. The maximum absolute atomic E-state index is 12.3. The molecule has 140 valence electrons. The molecule has 3 aromatic rings. The lowest BCUT2D eigenvalue weighted by Gasteiger charge is -2.34. The maximum atomic E-state index is 12.3. The van der Waals surface area contributed by atoms with Gasteiger partial charge in [-0.2, -0.15) is 0 Å².